The summed E-state index contributed by atoms with van der Waals surface area (Å²) >= 11 is 6.40. The van der Waals surface area contributed by atoms with Crippen LogP contribution < -0.4 is 14.2 Å². The van der Waals surface area contributed by atoms with E-state index in [1.165, 1.54) is 0 Å². The monoisotopic (exact) mass is 519 g/mol. The number of nitrogens with one attached hydrogen (secondary N) is 1. The van der Waals surface area contributed by atoms with E-state index in [0.717, 1.165) is 22.4 Å². The van der Waals surface area contributed by atoms with E-state index in [1.807, 2.05) is 49.4 Å². The maximum Gasteiger partial charge on any atom is 0.273 e. The molecule has 3 aromatic carbocycles. The number of ether oxygens (including phenoxy) is 3. The first-order chi connectivity index (χ1) is 17.9. The Morgan fingerprint density at radius 3 is 2.41 bits per heavy atom. The van der Waals surface area contributed by atoms with Crippen molar-refractivity contribution in [1.29, 1.82) is 0 Å². The molecule has 2 N–H and O–H groups in total. The van der Waals surface area contributed by atoms with Gasteiger partial charge >= 0.3 is 0 Å². The molecule has 37 heavy (non-hydrogen) atoms. The summed E-state index contributed by atoms with van der Waals surface area (Å²) in [5.74, 6) is 1.67. The lowest BCUT2D eigenvalue weighted by Gasteiger charge is -2.27. The summed E-state index contributed by atoms with van der Waals surface area (Å²) < 4.78 is 16.3. The van der Waals surface area contributed by atoms with Gasteiger partial charge in [-0.3, -0.25) is 9.89 Å². The van der Waals surface area contributed by atoms with Gasteiger partial charge in [-0.15, -0.1) is 0 Å². The third-order valence-corrected chi connectivity index (χ3v) is 7.04. The Hall–Kier alpha value is -4.17. The summed E-state index contributed by atoms with van der Waals surface area (Å²) in [5, 5.41) is 18.6. The Bertz CT molecular complexity index is 1480. The van der Waals surface area contributed by atoms with Gasteiger partial charge in [0.15, 0.2) is 11.5 Å². The minimum atomic E-state index is -0.516. The molecule has 1 amide bonds. The van der Waals surface area contributed by atoms with E-state index in [9.17, 15) is 9.90 Å². The number of amides is 1. The summed E-state index contributed by atoms with van der Waals surface area (Å²) in [7, 11) is 4.75. The number of H-pyrrole nitrogens is 1. The van der Waals surface area contributed by atoms with E-state index < -0.39 is 6.04 Å². The fourth-order valence-electron chi connectivity index (χ4n) is 4.72. The maximum atomic E-state index is 13.7. The summed E-state index contributed by atoms with van der Waals surface area (Å²) in [4.78, 5) is 15.5. The van der Waals surface area contributed by atoms with Gasteiger partial charge in [0.25, 0.3) is 5.91 Å². The molecule has 5 rings (SSSR count). The molecular weight excluding hydrogens is 494 g/mol. The third-order valence-electron chi connectivity index (χ3n) is 6.63. The van der Waals surface area contributed by atoms with Crippen molar-refractivity contribution in [2.24, 2.45) is 0 Å². The van der Waals surface area contributed by atoms with Crippen molar-refractivity contribution in [3.8, 4) is 34.3 Å². The number of aromatic hydroxyl groups is 1. The molecule has 9 heteroatoms. The minimum Gasteiger partial charge on any atom is -0.507 e. The van der Waals surface area contributed by atoms with E-state index in [-0.39, 0.29) is 11.7 Å². The Balaban J connectivity index is 1.67. The fourth-order valence-corrected chi connectivity index (χ4v) is 4.88. The Morgan fingerprint density at radius 1 is 1.00 bits per heavy atom. The minimum absolute atomic E-state index is 0.0308. The number of nitrogens with zero attached hydrogens (tertiary/aromatic N) is 2. The van der Waals surface area contributed by atoms with Gasteiger partial charge in [0, 0.05) is 22.7 Å². The van der Waals surface area contributed by atoms with Gasteiger partial charge in [0.2, 0.25) is 0 Å². The number of hydrogen-bond donors (Lipinski definition) is 2. The van der Waals surface area contributed by atoms with Gasteiger partial charge in [-0.1, -0.05) is 29.8 Å². The normalized spacial score (nSPS) is 14.6. The molecule has 0 saturated heterocycles. The van der Waals surface area contributed by atoms with E-state index >= 15 is 0 Å². The van der Waals surface area contributed by atoms with E-state index in [1.54, 1.807) is 38.4 Å². The molecular formula is C28H26ClN3O5. The van der Waals surface area contributed by atoms with Crippen molar-refractivity contribution in [3.63, 3.8) is 0 Å². The number of phenols is 1. The second-order valence-corrected chi connectivity index (χ2v) is 9.18. The average molecular weight is 520 g/mol. The van der Waals surface area contributed by atoms with Crippen molar-refractivity contribution < 1.29 is 24.1 Å². The lowest BCUT2D eigenvalue weighted by molar-refractivity contribution is 0.0730. The quantitative estimate of drug-likeness (QED) is 0.334. The number of methoxy groups -OCH3 is 3. The molecule has 1 aromatic heterocycles. The Labute approximate surface area is 219 Å². The molecule has 0 fully saturated rings. The summed E-state index contributed by atoms with van der Waals surface area (Å²) in [6, 6.07) is 15.9. The predicted octanol–water partition coefficient (Wildman–Crippen LogP) is 5.52. The van der Waals surface area contributed by atoms with Crippen LogP contribution in [0.15, 0.2) is 54.6 Å². The molecule has 4 aromatic rings. The van der Waals surface area contributed by atoms with Crippen LogP contribution in [0, 0.1) is 6.92 Å². The van der Waals surface area contributed by atoms with Crippen molar-refractivity contribution in [1.82, 2.24) is 15.1 Å². The van der Waals surface area contributed by atoms with Crippen LogP contribution in [0.3, 0.4) is 0 Å². The van der Waals surface area contributed by atoms with E-state index in [0.29, 0.717) is 45.6 Å². The van der Waals surface area contributed by atoms with Crippen LogP contribution in [0.25, 0.3) is 11.3 Å². The number of rotatable bonds is 7. The van der Waals surface area contributed by atoms with Crippen LogP contribution in [0.4, 0.5) is 0 Å². The van der Waals surface area contributed by atoms with Crippen LogP contribution >= 0.6 is 11.6 Å². The lowest BCUT2D eigenvalue weighted by atomic mass is 9.94. The number of halogens is 1. The van der Waals surface area contributed by atoms with Gasteiger partial charge in [-0.2, -0.15) is 5.10 Å². The molecule has 0 aliphatic carbocycles. The molecule has 0 spiro atoms. The smallest absolute Gasteiger partial charge is 0.273 e. The van der Waals surface area contributed by atoms with Crippen LogP contribution in [0.5, 0.6) is 23.0 Å². The molecule has 8 nitrogen and oxygen atoms in total. The topological polar surface area (TPSA) is 96.9 Å². The molecule has 2 heterocycles. The van der Waals surface area contributed by atoms with Crippen molar-refractivity contribution in [3.05, 3.63) is 87.6 Å². The second kappa shape index (κ2) is 9.71. The molecule has 1 aliphatic heterocycles. The number of phenolic OH excluding ortho intramolecular Hbond substituents is 1. The molecule has 0 radical (unpaired) electrons. The molecule has 190 valence electrons. The number of carbonyl (C=O) groups is 1. The van der Waals surface area contributed by atoms with Gasteiger partial charge in [-0.25, -0.2) is 0 Å². The van der Waals surface area contributed by atoms with Gasteiger partial charge in [0.1, 0.15) is 22.9 Å². The SMILES string of the molecule is COc1ccc(CN2C(=O)c3[nH]nc(-c4cc(Cl)c(C)cc4O)c3C2c2ccc(OC)c(OC)c2)cc1. The Morgan fingerprint density at radius 2 is 1.73 bits per heavy atom. The number of aromatic amines is 1. The highest BCUT2D eigenvalue weighted by Crippen LogP contribution is 2.47. The van der Waals surface area contributed by atoms with Crippen molar-refractivity contribution in [2.75, 3.05) is 21.3 Å². The van der Waals surface area contributed by atoms with Gasteiger partial charge in [0.05, 0.1) is 27.4 Å². The van der Waals surface area contributed by atoms with Crippen molar-refractivity contribution in [2.45, 2.75) is 19.5 Å². The highest BCUT2D eigenvalue weighted by atomic mass is 35.5. The highest BCUT2D eigenvalue weighted by molar-refractivity contribution is 6.31. The van der Waals surface area contributed by atoms with Gasteiger partial charge < -0.3 is 24.2 Å². The average Bonchev–Trinajstić information content (AvgIpc) is 3.45. The number of aromatic nitrogens is 2. The van der Waals surface area contributed by atoms with Crippen molar-refractivity contribution >= 4 is 17.5 Å². The first-order valence-electron chi connectivity index (χ1n) is 11.6. The number of benzene rings is 3. The third kappa shape index (κ3) is 4.23. The first kappa shape index (κ1) is 24.5. The first-order valence-corrected chi connectivity index (χ1v) is 12.0. The zero-order valence-electron chi connectivity index (χ0n) is 20.8. The zero-order chi connectivity index (χ0) is 26.3. The molecule has 1 atom stereocenters. The number of fused-ring (bicyclic) bond motifs is 1. The largest absolute Gasteiger partial charge is 0.507 e. The zero-order valence-corrected chi connectivity index (χ0v) is 21.6. The molecule has 1 aliphatic rings. The predicted molar refractivity (Wildman–Crippen MR) is 140 cm³/mol. The highest BCUT2D eigenvalue weighted by Gasteiger charge is 2.43. The lowest BCUT2D eigenvalue weighted by Crippen LogP contribution is -2.29. The summed E-state index contributed by atoms with van der Waals surface area (Å²) in [5.41, 5.74) is 4.39. The van der Waals surface area contributed by atoms with Gasteiger partial charge in [-0.05, 0) is 60.0 Å². The van der Waals surface area contributed by atoms with Crippen LogP contribution in [-0.2, 0) is 6.54 Å². The fraction of sp³-hybridized carbons (Fsp3) is 0.214. The van der Waals surface area contributed by atoms with E-state index in [2.05, 4.69) is 10.2 Å². The molecule has 1 unspecified atom stereocenters. The van der Waals surface area contributed by atoms with E-state index in [4.69, 9.17) is 25.8 Å². The van der Waals surface area contributed by atoms with Crippen LogP contribution in [0.1, 0.15) is 38.8 Å². The Kier molecular flexibility index (Phi) is 6.43. The standard InChI is InChI=1S/C28H26ClN3O5/c1-15-11-21(33)19(13-20(15)29)25-24-26(31-30-25)28(34)32(14-16-5-8-18(35-2)9-6-16)27(24)17-7-10-22(36-3)23(12-17)37-4/h5-13,27,33H,14H2,1-4H3,(H,30,31). The van der Waals surface area contributed by atoms with Crippen LogP contribution in [0.2, 0.25) is 5.02 Å². The second-order valence-electron chi connectivity index (χ2n) is 8.78. The van der Waals surface area contributed by atoms with Crippen LogP contribution in [-0.4, -0.2) is 47.4 Å². The number of carbonyl (C=O) groups excluding carboxylic acids is 1. The molecule has 0 saturated carbocycles. The number of aryl methyl sites for hydroxylation is 1. The number of hydrogen-bond acceptors (Lipinski definition) is 6. The molecule has 0 bridgehead atoms. The maximum absolute atomic E-state index is 13.7. The summed E-state index contributed by atoms with van der Waals surface area (Å²) in [6.45, 7) is 2.15. The summed E-state index contributed by atoms with van der Waals surface area (Å²) in [6.07, 6.45) is 0.